The molecule has 1 amide bonds. The molecule has 3 unspecified atom stereocenters. The van der Waals surface area contributed by atoms with Crippen LogP contribution >= 0.6 is 0 Å². The van der Waals surface area contributed by atoms with E-state index in [1.807, 2.05) is 12.3 Å². The number of hydrogen-bond donors (Lipinski definition) is 1. The normalized spacial score (nSPS) is 25.2. The van der Waals surface area contributed by atoms with Crippen LogP contribution in [-0.4, -0.2) is 17.9 Å². The molecule has 0 saturated heterocycles. The smallest absolute Gasteiger partial charge is 0.225 e. The van der Waals surface area contributed by atoms with E-state index in [9.17, 15) is 9.18 Å². The van der Waals surface area contributed by atoms with Crippen LogP contribution in [-0.2, 0) is 4.79 Å². The fraction of sp³-hybridized carbons (Fsp3) is 0.455. The molecule has 0 spiro atoms. The molecule has 2 aliphatic carbocycles. The van der Waals surface area contributed by atoms with Crippen LogP contribution in [0, 0.1) is 29.0 Å². The minimum Gasteiger partial charge on any atom is -0.359 e. The predicted octanol–water partition coefficient (Wildman–Crippen LogP) is 4.58. The number of rotatable bonds is 3. The summed E-state index contributed by atoms with van der Waals surface area (Å²) in [5.74, 6) is 1.40. The zero-order valence-electron chi connectivity index (χ0n) is 15.6. The summed E-state index contributed by atoms with van der Waals surface area (Å²) in [6, 6.07) is 6.79. The van der Waals surface area contributed by atoms with Gasteiger partial charge in [0, 0.05) is 24.0 Å². The highest BCUT2D eigenvalue weighted by atomic mass is 19.1. The Morgan fingerprint density at radius 1 is 1.27 bits per heavy atom. The second-order valence-corrected chi connectivity index (χ2v) is 8.31. The van der Waals surface area contributed by atoms with Crippen molar-refractivity contribution < 1.29 is 9.18 Å². The van der Waals surface area contributed by atoms with Crippen LogP contribution in [0.25, 0.3) is 16.5 Å². The molecule has 0 radical (unpaired) electrons. The molecule has 0 aliphatic heterocycles. The fourth-order valence-corrected chi connectivity index (χ4v) is 4.90. The van der Waals surface area contributed by atoms with Crippen LogP contribution < -0.4 is 5.32 Å². The first-order valence-electron chi connectivity index (χ1n) is 9.37. The largest absolute Gasteiger partial charge is 0.359 e. The van der Waals surface area contributed by atoms with E-state index >= 15 is 0 Å². The van der Waals surface area contributed by atoms with Crippen molar-refractivity contribution in [3.63, 3.8) is 0 Å². The number of nitrogens with zero attached hydrogens (tertiary/aromatic N) is 1. The number of allylic oxidation sites excluding steroid dienone is 2. The van der Waals surface area contributed by atoms with Gasteiger partial charge in [-0.3, -0.25) is 9.78 Å². The van der Waals surface area contributed by atoms with E-state index in [-0.39, 0.29) is 17.1 Å². The molecule has 4 heteroatoms. The molecule has 1 aromatic heterocycles. The van der Waals surface area contributed by atoms with Crippen LogP contribution in [0.2, 0.25) is 0 Å². The highest BCUT2D eigenvalue weighted by Crippen LogP contribution is 2.53. The highest BCUT2D eigenvalue weighted by molar-refractivity contribution is 5.92. The van der Waals surface area contributed by atoms with E-state index < -0.39 is 0 Å². The van der Waals surface area contributed by atoms with Gasteiger partial charge in [0.1, 0.15) is 5.82 Å². The van der Waals surface area contributed by atoms with E-state index in [1.54, 1.807) is 19.2 Å². The van der Waals surface area contributed by atoms with Crippen LogP contribution in [0.15, 0.2) is 36.5 Å². The lowest BCUT2D eigenvalue weighted by atomic mass is 9.76. The number of fused-ring (bicyclic) bond motifs is 2. The summed E-state index contributed by atoms with van der Waals surface area (Å²) in [4.78, 5) is 16.6. The van der Waals surface area contributed by atoms with Gasteiger partial charge in [-0.05, 0) is 72.4 Å². The fourth-order valence-electron chi connectivity index (χ4n) is 4.90. The van der Waals surface area contributed by atoms with Crippen molar-refractivity contribution in [2.45, 2.75) is 33.1 Å². The van der Waals surface area contributed by atoms with Gasteiger partial charge in [0.2, 0.25) is 5.91 Å². The van der Waals surface area contributed by atoms with Crippen LogP contribution in [0.1, 0.15) is 38.7 Å². The van der Waals surface area contributed by atoms with Gasteiger partial charge in [-0.1, -0.05) is 19.9 Å². The molecule has 2 aliphatic rings. The second kappa shape index (κ2) is 6.19. The standard InChI is InChI=1S/C22H25FN2O/c1-22(2,21(26)24-3)16-10-13-8-15(9-14(13)11-16)18-6-7-25-20-5-4-17(23)12-19(18)20/h4-8,12-14,16H,9-11H2,1-3H3,(H,24,26). The van der Waals surface area contributed by atoms with E-state index in [1.165, 1.54) is 11.6 Å². The molecular weight excluding hydrogens is 327 g/mol. The Morgan fingerprint density at radius 3 is 2.81 bits per heavy atom. The summed E-state index contributed by atoms with van der Waals surface area (Å²) < 4.78 is 13.7. The lowest BCUT2D eigenvalue weighted by Crippen LogP contribution is -2.39. The Morgan fingerprint density at radius 2 is 2.08 bits per heavy atom. The van der Waals surface area contributed by atoms with Crippen molar-refractivity contribution in [3.05, 3.63) is 47.9 Å². The summed E-state index contributed by atoms with van der Waals surface area (Å²) >= 11 is 0. The molecule has 2 aromatic rings. The molecule has 4 rings (SSSR count). The Balaban J connectivity index is 1.61. The van der Waals surface area contributed by atoms with E-state index in [0.717, 1.165) is 35.7 Å². The third kappa shape index (κ3) is 2.72. The lowest BCUT2D eigenvalue weighted by Gasteiger charge is -2.30. The van der Waals surface area contributed by atoms with Gasteiger partial charge >= 0.3 is 0 Å². The van der Waals surface area contributed by atoms with Crippen molar-refractivity contribution >= 4 is 22.4 Å². The number of aromatic nitrogens is 1. The van der Waals surface area contributed by atoms with Gasteiger partial charge in [0.25, 0.3) is 0 Å². The van der Waals surface area contributed by atoms with Crippen LogP contribution in [0.5, 0.6) is 0 Å². The number of halogens is 1. The van der Waals surface area contributed by atoms with Crippen molar-refractivity contribution in [1.82, 2.24) is 10.3 Å². The molecule has 3 nitrogen and oxygen atoms in total. The lowest BCUT2D eigenvalue weighted by molar-refractivity contribution is -0.131. The van der Waals surface area contributed by atoms with Crippen molar-refractivity contribution in [2.75, 3.05) is 7.05 Å². The van der Waals surface area contributed by atoms with Gasteiger partial charge in [-0.25, -0.2) is 4.39 Å². The van der Waals surface area contributed by atoms with Crippen LogP contribution in [0.3, 0.4) is 0 Å². The van der Waals surface area contributed by atoms with Gasteiger partial charge in [-0.15, -0.1) is 0 Å². The maximum atomic E-state index is 13.7. The number of hydrogen-bond acceptors (Lipinski definition) is 2. The second-order valence-electron chi connectivity index (χ2n) is 8.31. The molecule has 3 atom stereocenters. The Kier molecular flexibility index (Phi) is 4.09. The number of benzene rings is 1. The third-order valence-electron chi connectivity index (χ3n) is 6.53. The molecular formula is C22H25FN2O. The molecule has 1 aromatic carbocycles. The molecule has 26 heavy (non-hydrogen) atoms. The first-order valence-corrected chi connectivity index (χ1v) is 9.37. The summed E-state index contributed by atoms with van der Waals surface area (Å²) in [5, 5.41) is 3.70. The maximum absolute atomic E-state index is 13.7. The summed E-state index contributed by atoms with van der Waals surface area (Å²) in [6.07, 6.45) is 7.29. The van der Waals surface area contributed by atoms with Gasteiger partial charge < -0.3 is 5.32 Å². The summed E-state index contributed by atoms with van der Waals surface area (Å²) in [7, 11) is 1.71. The molecule has 136 valence electrons. The zero-order valence-corrected chi connectivity index (χ0v) is 15.6. The van der Waals surface area contributed by atoms with Crippen LogP contribution in [0.4, 0.5) is 4.39 Å². The molecule has 1 heterocycles. The highest BCUT2D eigenvalue weighted by Gasteiger charge is 2.46. The van der Waals surface area contributed by atoms with Gasteiger partial charge in [0.05, 0.1) is 5.52 Å². The SMILES string of the molecule is CNC(=O)C(C)(C)C1CC2C=C(c3ccnc4ccc(F)cc34)CC2C1. The minimum atomic E-state index is -0.334. The minimum absolute atomic E-state index is 0.127. The summed E-state index contributed by atoms with van der Waals surface area (Å²) in [6.45, 7) is 4.11. The number of pyridine rings is 1. The Hall–Kier alpha value is -2.23. The average Bonchev–Trinajstić information content (AvgIpc) is 3.19. The molecule has 0 bridgehead atoms. The third-order valence-corrected chi connectivity index (χ3v) is 6.53. The van der Waals surface area contributed by atoms with Gasteiger partial charge in [-0.2, -0.15) is 0 Å². The predicted molar refractivity (Wildman–Crippen MR) is 102 cm³/mol. The molecule has 1 saturated carbocycles. The number of amides is 1. The first-order chi connectivity index (χ1) is 12.4. The average molecular weight is 352 g/mol. The number of carbonyl (C=O) groups excluding carboxylic acids is 1. The topological polar surface area (TPSA) is 42.0 Å². The van der Waals surface area contributed by atoms with E-state index in [2.05, 4.69) is 30.2 Å². The Labute approximate surface area is 153 Å². The summed E-state index contributed by atoms with van der Waals surface area (Å²) in [5.41, 5.74) is 2.90. The zero-order chi connectivity index (χ0) is 18.5. The first kappa shape index (κ1) is 17.2. The van der Waals surface area contributed by atoms with Crippen molar-refractivity contribution in [3.8, 4) is 0 Å². The monoisotopic (exact) mass is 352 g/mol. The number of carbonyl (C=O) groups is 1. The van der Waals surface area contributed by atoms with E-state index in [0.29, 0.717) is 17.8 Å². The number of nitrogens with one attached hydrogen (secondary N) is 1. The van der Waals surface area contributed by atoms with E-state index in [4.69, 9.17) is 0 Å². The van der Waals surface area contributed by atoms with Crippen molar-refractivity contribution in [1.29, 1.82) is 0 Å². The van der Waals surface area contributed by atoms with Crippen molar-refractivity contribution in [2.24, 2.45) is 23.2 Å². The Bertz CT molecular complexity index is 902. The molecule has 1 fully saturated rings. The van der Waals surface area contributed by atoms with Gasteiger partial charge in [0.15, 0.2) is 0 Å². The quantitative estimate of drug-likeness (QED) is 0.879. The molecule has 1 N–H and O–H groups in total. The maximum Gasteiger partial charge on any atom is 0.225 e.